The maximum absolute atomic E-state index is 13.0. The van der Waals surface area contributed by atoms with Crippen LogP contribution in [0.2, 0.25) is 0 Å². The molecular weight excluding hydrogens is 434 g/mol. The van der Waals surface area contributed by atoms with Crippen LogP contribution in [0, 0.1) is 11.3 Å². The second-order valence-electron chi connectivity index (χ2n) is 8.26. The van der Waals surface area contributed by atoms with Gasteiger partial charge in [-0.25, -0.2) is 9.97 Å². The first-order chi connectivity index (χ1) is 16.6. The van der Waals surface area contributed by atoms with Crippen molar-refractivity contribution in [3.8, 4) is 11.9 Å². The molecule has 5 rings (SSSR count). The fraction of sp³-hybridized carbons (Fsp3) is 0.333. The number of pyridine rings is 1. The summed E-state index contributed by atoms with van der Waals surface area (Å²) in [6.45, 7) is 2.68. The van der Waals surface area contributed by atoms with Gasteiger partial charge in [0.1, 0.15) is 23.4 Å². The van der Waals surface area contributed by atoms with Gasteiger partial charge in [0.25, 0.3) is 0 Å². The molecule has 172 valence electrons. The SMILES string of the molecule is COc1ncncc1NC(=O)Cc1nc2cnc3ccc(C#N)cc3c2n1[C@@H]1CCO[C@H](C)C1. The third-order valence-corrected chi connectivity index (χ3v) is 6.00. The van der Waals surface area contributed by atoms with E-state index < -0.39 is 0 Å². The lowest BCUT2D eigenvalue weighted by atomic mass is 10.0. The molecule has 0 unspecified atom stereocenters. The van der Waals surface area contributed by atoms with Crippen molar-refractivity contribution in [2.24, 2.45) is 0 Å². The van der Waals surface area contributed by atoms with Crippen LogP contribution in [0.5, 0.6) is 5.88 Å². The van der Waals surface area contributed by atoms with Crippen molar-refractivity contribution >= 4 is 33.5 Å². The standard InChI is InChI=1S/C24H23N7O3/c1-14-7-16(5-6-34-14)31-21(9-22(32)30-20-11-26-13-28-24(20)33-2)29-19-12-27-18-4-3-15(10-25)8-17(18)23(19)31/h3-4,8,11-14,16H,5-7,9H2,1-2H3,(H,30,32)/t14-,16-/m1/s1. The van der Waals surface area contributed by atoms with E-state index in [0.717, 1.165) is 29.3 Å². The monoisotopic (exact) mass is 457 g/mol. The molecule has 2 atom stereocenters. The number of fused-ring (bicyclic) bond motifs is 3. The Labute approximate surface area is 195 Å². The van der Waals surface area contributed by atoms with Crippen LogP contribution in [0.25, 0.3) is 21.9 Å². The summed E-state index contributed by atoms with van der Waals surface area (Å²) in [5.41, 5.74) is 3.28. The summed E-state index contributed by atoms with van der Waals surface area (Å²) in [6.07, 6.45) is 6.29. The van der Waals surface area contributed by atoms with E-state index in [1.807, 2.05) is 19.1 Å². The Morgan fingerprint density at radius 3 is 3.00 bits per heavy atom. The average molecular weight is 457 g/mol. The number of benzene rings is 1. The highest BCUT2D eigenvalue weighted by Gasteiger charge is 2.27. The van der Waals surface area contributed by atoms with Crippen LogP contribution in [0.3, 0.4) is 0 Å². The number of hydrogen-bond acceptors (Lipinski definition) is 8. The van der Waals surface area contributed by atoms with E-state index in [0.29, 0.717) is 29.2 Å². The maximum Gasteiger partial charge on any atom is 0.240 e. The number of nitriles is 1. The zero-order valence-electron chi connectivity index (χ0n) is 18.9. The van der Waals surface area contributed by atoms with Gasteiger partial charge in [-0.05, 0) is 38.0 Å². The number of nitrogens with one attached hydrogen (secondary N) is 1. The zero-order valence-corrected chi connectivity index (χ0v) is 18.9. The van der Waals surface area contributed by atoms with Gasteiger partial charge in [0.2, 0.25) is 11.8 Å². The number of amides is 1. The molecule has 34 heavy (non-hydrogen) atoms. The van der Waals surface area contributed by atoms with Gasteiger partial charge in [0.15, 0.2) is 0 Å². The lowest BCUT2D eigenvalue weighted by Gasteiger charge is -2.30. The second kappa shape index (κ2) is 9.03. The molecule has 1 amide bonds. The van der Waals surface area contributed by atoms with Crippen LogP contribution < -0.4 is 10.1 Å². The molecule has 1 N–H and O–H groups in total. The molecule has 1 aliphatic heterocycles. The largest absolute Gasteiger partial charge is 0.479 e. The fourth-order valence-corrected chi connectivity index (χ4v) is 4.53. The van der Waals surface area contributed by atoms with Gasteiger partial charge < -0.3 is 19.4 Å². The van der Waals surface area contributed by atoms with Crippen LogP contribution in [0.1, 0.15) is 37.2 Å². The lowest BCUT2D eigenvalue weighted by Crippen LogP contribution is -2.27. The molecule has 4 heterocycles. The Morgan fingerprint density at radius 2 is 2.21 bits per heavy atom. The fourth-order valence-electron chi connectivity index (χ4n) is 4.53. The molecule has 1 saturated heterocycles. The van der Waals surface area contributed by atoms with Crippen molar-refractivity contribution in [3.63, 3.8) is 0 Å². The maximum atomic E-state index is 13.0. The van der Waals surface area contributed by atoms with Gasteiger partial charge in [-0.3, -0.25) is 9.78 Å². The van der Waals surface area contributed by atoms with Gasteiger partial charge in [0, 0.05) is 18.0 Å². The number of hydrogen-bond donors (Lipinski definition) is 1. The predicted octanol–water partition coefficient (Wildman–Crippen LogP) is 3.18. The van der Waals surface area contributed by atoms with Crippen molar-refractivity contribution < 1.29 is 14.3 Å². The van der Waals surface area contributed by atoms with Crippen molar-refractivity contribution in [1.82, 2.24) is 24.5 Å². The third-order valence-electron chi connectivity index (χ3n) is 6.00. The summed E-state index contributed by atoms with van der Waals surface area (Å²) in [5, 5.41) is 13.1. The third kappa shape index (κ3) is 4.02. The van der Waals surface area contributed by atoms with Crippen LogP contribution in [0.4, 0.5) is 5.69 Å². The molecule has 1 fully saturated rings. The minimum absolute atomic E-state index is 0.0396. The topological polar surface area (TPSA) is 128 Å². The molecule has 3 aromatic heterocycles. The number of ether oxygens (including phenoxy) is 2. The van der Waals surface area contributed by atoms with Crippen LogP contribution >= 0.6 is 0 Å². The molecule has 10 nitrogen and oxygen atoms in total. The number of carbonyl (C=O) groups is 1. The number of anilines is 1. The smallest absolute Gasteiger partial charge is 0.240 e. The first-order valence-electron chi connectivity index (χ1n) is 11.0. The molecular formula is C24H23N7O3. The summed E-state index contributed by atoms with van der Waals surface area (Å²) >= 11 is 0. The quantitative estimate of drug-likeness (QED) is 0.484. The van der Waals surface area contributed by atoms with Gasteiger partial charge in [-0.15, -0.1) is 0 Å². The summed E-state index contributed by atoms with van der Waals surface area (Å²) in [6, 6.07) is 7.73. The average Bonchev–Trinajstić information content (AvgIpc) is 3.22. The summed E-state index contributed by atoms with van der Waals surface area (Å²) in [7, 11) is 1.48. The van der Waals surface area contributed by atoms with Gasteiger partial charge in [-0.1, -0.05) is 0 Å². The molecule has 1 aromatic carbocycles. The Balaban J connectivity index is 1.60. The highest BCUT2D eigenvalue weighted by molar-refractivity contribution is 6.03. The summed E-state index contributed by atoms with van der Waals surface area (Å²) in [5.74, 6) is 0.646. The summed E-state index contributed by atoms with van der Waals surface area (Å²) in [4.78, 5) is 30.3. The summed E-state index contributed by atoms with van der Waals surface area (Å²) < 4.78 is 13.1. The Morgan fingerprint density at radius 1 is 1.32 bits per heavy atom. The van der Waals surface area contributed by atoms with Crippen LogP contribution in [-0.2, 0) is 16.0 Å². The Bertz CT molecular complexity index is 1430. The highest BCUT2D eigenvalue weighted by Crippen LogP contribution is 2.34. The molecule has 10 heteroatoms. The Kier molecular flexibility index (Phi) is 5.77. The number of nitrogens with zero attached hydrogens (tertiary/aromatic N) is 6. The van der Waals surface area contributed by atoms with Crippen LogP contribution in [-0.4, -0.2) is 50.2 Å². The molecule has 0 aliphatic carbocycles. The molecule has 0 spiro atoms. The molecule has 4 aromatic rings. The number of methoxy groups -OCH3 is 1. The minimum atomic E-state index is -0.264. The van der Waals surface area contributed by atoms with Crippen molar-refractivity contribution in [1.29, 1.82) is 5.26 Å². The number of carbonyl (C=O) groups excluding carboxylic acids is 1. The van der Waals surface area contributed by atoms with Crippen molar-refractivity contribution in [2.75, 3.05) is 19.0 Å². The molecule has 0 bridgehead atoms. The number of imidazole rings is 1. The zero-order chi connectivity index (χ0) is 23.7. The molecule has 0 saturated carbocycles. The van der Waals surface area contributed by atoms with Crippen molar-refractivity contribution in [2.45, 2.75) is 38.3 Å². The van der Waals surface area contributed by atoms with Gasteiger partial charge in [-0.2, -0.15) is 10.2 Å². The van der Waals surface area contributed by atoms with Crippen LogP contribution in [0.15, 0.2) is 36.9 Å². The second-order valence-corrected chi connectivity index (χ2v) is 8.26. The normalized spacial score (nSPS) is 18.0. The Hall–Kier alpha value is -4.10. The number of rotatable bonds is 5. The van der Waals surface area contributed by atoms with E-state index in [1.54, 1.807) is 12.3 Å². The van der Waals surface area contributed by atoms with Gasteiger partial charge >= 0.3 is 0 Å². The van der Waals surface area contributed by atoms with E-state index in [1.165, 1.54) is 19.6 Å². The number of aromatic nitrogens is 5. The van der Waals surface area contributed by atoms with Gasteiger partial charge in [0.05, 0.1) is 54.7 Å². The van der Waals surface area contributed by atoms with E-state index in [9.17, 15) is 10.1 Å². The van der Waals surface area contributed by atoms with E-state index in [2.05, 4.69) is 30.9 Å². The predicted molar refractivity (Wildman–Crippen MR) is 124 cm³/mol. The van der Waals surface area contributed by atoms with Crippen molar-refractivity contribution in [3.05, 3.63) is 48.3 Å². The molecule has 1 aliphatic rings. The van der Waals surface area contributed by atoms with E-state index >= 15 is 0 Å². The highest BCUT2D eigenvalue weighted by atomic mass is 16.5. The first kappa shape index (κ1) is 21.7. The lowest BCUT2D eigenvalue weighted by molar-refractivity contribution is -0.115. The minimum Gasteiger partial charge on any atom is -0.479 e. The van der Waals surface area contributed by atoms with E-state index in [-0.39, 0.29) is 30.4 Å². The first-order valence-corrected chi connectivity index (χ1v) is 11.0. The molecule has 0 radical (unpaired) electrons. The van der Waals surface area contributed by atoms with E-state index in [4.69, 9.17) is 14.5 Å².